The Balaban J connectivity index is 2.41. The summed E-state index contributed by atoms with van der Waals surface area (Å²) >= 11 is 0. The molecule has 1 atom stereocenters. The minimum absolute atomic E-state index is 0.198. The van der Waals surface area contributed by atoms with Gasteiger partial charge < -0.3 is 18.9 Å². The maximum atomic E-state index is 5.68. The fraction of sp³-hybridized carbons (Fsp3) is 0.533. The minimum Gasteiger partial charge on any atom is -0.493 e. The number of aliphatic imine (C=N–C) groups is 1. The van der Waals surface area contributed by atoms with Crippen molar-refractivity contribution in [2.75, 3.05) is 27.9 Å². The average molecular weight is 279 g/mol. The van der Waals surface area contributed by atoms with Gasteiger partial charge in [0.1, 0.15) is 6.61 Å². The third-order valence-electron chi connectivity index (χ3n) is 3.36. The monoisotopic (exact) mass is 279 g/mol. The highest BCUT2D eigenvalue weighted by Crippen LogP contribution is 2.38. The van der Waals surface area contributed by atoms with Gasteiger partial charge in [0, 0.05) is 5.56 Å². The van der Waals surface area contributed by atoms with Crippen LogP contribution in [0.1, 0.15) is 19.4 Å². The molecule has 110 valence electrons. The Kier molecular flexibility index (Phi) is 4.37. The predicted octanol–water partition coefficient (Wildman–Crippen LogP) is 2.51. The normalized spacial score (nSPS) is 17.7. The third-order valence-corrected chi connectivity index (χ3v) is 3.36. The first-order valence-electron chi connectivity index (χ1n) is 6.61. The molecule has 0 radical (unpaired) electrons. The first-order valence-corrected chi connectivity index (χ1v) is 6.61. The van der Waals surface area contributed by atoms with Gasteiger partial charge in [-0.1, -0.05) is 13.8 Å². The van der Waals surface area contributed by atoms with Gasteiger partial charge in [-0.15, -0.1) is 0 Å². The quantitative estimate of drug-likeness (QED) is 0.831. The summed E-state index contributed by atoms with van der Waals surface area (Å²) in [5.41, 5.74) is 0.836. The zero-order valence-electron chi connectivity index (χ0n) is 12.6. The Bertz CT molecular complexity index is 486. The van der Waals surface area contributed by atoms with E-state index < -0.39 is 0 Å². The molecule has 0 aliphatic carbocycles. The third kappa shape index (κ3) is 2.66. The van der Waals surface area contributed by atoms with E-state index in [0.29, 0.717) is 35.7 Å². The van der Waals surface area contributed by atoms with Crippen LogP contribution >= 0.6 is 0 Å². The summed E-state index contributed by atoms with van der Waals surface area (Å²) in [6.07, 6.45) is 0. The highest BCUT2D eigenvalue weighted by atomic mass is 16.5. The van der Waals surface area contributed by atoms with Crippen molar-refractivity contribution in [3.8, 4) is 17.2 Å². The van der Waals surface area contributed by atoms with Crippen LogP contribution < -0.4 is 14.2 Å². The molecule has 1 aromatic rings. The molecule has 1 unspecified atom stereocenters. The molecule has 5 heteroatoms. The molecule has 1 aromatic carbocycles. The van der Waals surface area contributed by atoms with Crippen molar-refractivity contribution in [1.29, 1.82) is 0 Å². The summed E-state index contributed by atoms with van der Waals surface area (Å²) in [4.78, 5) is 4.61. The van der Waals surface area contributed by atoms with Crippen LogP contribution in [0.25, 0.3) is 0 Å². The highest BCUT2D eigenvalue weighted by molar-refractivity contribution is 5.96. The molecule has 1 heterocycles. The molecule has 0 amide bonds. The first kappa shape index (κ1) is 14.5. The first-order chi connectivity index (χ1) is 9.60. The van der Waals surface area contributed by atoms with E-state index in [4.69, 9.17) is 18.9 Å². The van der Waals surface area contributed by atoms with Gasteiger partial charge in [0.2, 0.25) is 11.6 Å². The number of hydrogen-bond donors (Lipinski definition) is 0. The lowest BCUT2D eigenvalue weighted by Gasteiger charge is -2.13. The largest absolute Gasteiger partial charge is 0.493 e. The standard InChI is InChI=1S/C15H21NO4/c1-9(2)11-8-20-15(16-11)10-6-12(17-3)14(19-5)13(7-10)18-4/h6-7,9,11H,8H2,1-5H3. The van der Waals surface area contributed by atoms with Crippen molar-refractivity contribution in [2.24, 2.45) is 10.9 Å². The summed E-state index contributed by atoms with van der Waals surface area (Å²) in [6, 6.07) is 3.90. The van der Waals surface area contributed by atoms with Crippen LogP contribution in [0.2, 0.25) is 0 Å². The lowest BCUT2D eigenvalue weighted by atomic mass is 10.1. The summed E-state index contributed by atoms with van der Waals surface area (Å²) in [6.45, 7) is 4.88. The molecular formula is C15H21NO4. The number of rotatable bonds is 5. The second-order valence-corrected chi connectivity index (χ2v) is 4.97. The molecule has 0 spiro atoms. The van der Waals surface area contributed by atoms with Gasteiger partial charge in [0.25, 0.3) is 0 Å². The van der Waals surface area contributed by atoms with E-state index in [1.54, 1.807) is 21.3 Å². The number of hydrogen-bond acceptors (Lipinski definition) is 5. The Hall–Kier alpha value is -1.91. The second kappa shape index (κ2) is 6.03. The number of nitrogens with zero attached hydrogens (tertiary/aromatic N) is 1. The summed E-state index contributed by atoms with van der Waals surface area (Å²) in [5.74, 6) is 2.84. The minimum atomic E-state index is 0.198. The molecule has 1 aliphatic rings. The predicted molar refractivity (Wildman–Crippen MR) is 77.2 cm³/mol. The summed E-state index contributed by atoms with van der Waals surface area (Å²) in [7, 11) is 4.77. The lowest BCUT2D eigenvalue weighted by molar-refractivity contribution is 0.291. The van der Waals surface area contributed by atoms with E-state index in [-0.39, 0.29) is 6.04 Å². The van der Waals surface area contributed by atoms with Gasteiger partial charge in [0.15, 0.2) is 11.5 Å². The Labute approximate surface area is 119 Å². The molecular weight excluding hydrogens is 258 g/mol. The average Bonchev–Trinajstić information content (AvgIpc) is 2.95. The topological polar surface area (TPSA) is 49.3 Å². The molecule has 0 bridgehead atoms. The maximum Gasteiger partial charge on any atom is 0.216 e. The van der Waals surface area contributed by atoms with Crippen molar-refractivity contribution in [2.45, 2.75) is 19.9 Å². The van der Waals surface area contributed by atoms with Crippen LogP contribution in [0.15, 0.2) is 17.1 Å². The van der Waals surface area contributed by atoms with Gasteiger partial charge in [0.05, 0.1) is 27.4 Å². The van der Waals surface area contributed by atoms with Crippen LogP contribution in [0.3, 0.4) is 0 Å². The lowest BCUT2D eigenvalue weighted by Crippen LogP contribution is -2.13. The van der Waals surface area contributed by atoms with Crippen LogP contribution in [-0.4, -0.2) is 39.9 Å². The van der Waals surface area contributed by atoms with Gasteiger partial charge in [-0.05, 0) is 18.1 Å². The van der Waals surface area contributed by atoms with Crippen molar-refractivity contribution < 1.29 is 18.9 Å². The van der Waals surface area contributed by atoms with Crippen molar-refractivity contribution >= 4 is 5.90 Å². The highest BCUT2D eigenvalue weighted by Gasteiger charge is 2.24. The van der Waals surface area contributed by atoms with Crippen LogP contribution in [0.5, 0.6) is 17.2 Å². The van der Waals surface area contributed by atoms with Crippen molar-refractivity contribution in [3.63, 3.8) is 0 Å². The fourth-order valence-electron chi connectivity index (χ4n) is 2.09. The summed E-state index contributed by atoms with van der Waals surface area (Å²) in [5, 5.41) is 0. The zero-order valence-corrected chi connectivity index (χ0v) is 12.6. The zero-order chi connectivity index (χ0) is 14.7. The molecule has 0 saturated carbocycles. The molecule has 20 heavy (non-hydrogen) atoms. The fourth-order valence-corrected chi connectivity index (χ4v) is 2.09. The molecule has 0 aromatic heterocycles. The van der Waals surface area contributed by atoms with Gasteiger partial charge in [-0.3, -0.25) is 0 Å². The van der Waals surface area contributed by atoms with E-state index in [1.165, 1.54) is 0 Å². The Morgan fingerprint density at radius 1 is 1.10 bits per heavy atom. The molecule has 0 N–H and O–H groups in total. The SMILES string of the molecule is COc1cc(C2=NC(C(C)C)CO2)cc(OC)c1OC. The summed E-state index contributed by atoms with van der Waals surface area (Å²) < 4.78 is 21.7. The Morgan fingerprint density at radius 2 is 1.70 bits per heavy atom. The molecule has 0 saturated heterocycles. The van der Waals surface area contributed by atoms with Gasteiger partial charge >= 0.3 is 0 Å². The van der Waals surface area contributed by atoms with E-state index >= 15 is 0 Å². The molecule has 1 aliphatic heterocycles. The van der Waals surface area contributed by atoms with Gasteiger partial charge in [-0.25, -0.2) is 4.99 Å². The second-order valence-electron chi connectivity index (χ2n) is 4.97. The number of methoxy groups -OCH3 is 3. The van der Waals surface area contributed by atoms with Crippen molar-refractivity contribution in [1.82, 2.24) is 0 Å². The van der Waals surface area contributed by atoms with E-state index in [1.807, 2.05) is 12.1 Å². The number of benzene rings is 1. The van der Waals surface area contributed by atoms with Crippen LogP contribution in [-0.2, 0) is 4.74 Å². The maximum absolute atomic E-state index is 5.68. The van der Waals surface area contributed by atoms with Crippen LogP contribution in [0, 0.1) is 5.92 Å². The molecule has 5 nitrogen and oxygen atoms in total. The van der Waals surface area contributed by atoms with Gasteiger partial charge in [-0.2, -0.15) is 0 Å². The van der Waals surface area contributed by atoms with E-state index in [9.17, 15) is 0 Å². The van der Waals surface area contributed by atoms with E-state index in [0.717, 1.165) is 5.56 Å². The smallest absolute Gasteiger partial charge is 0.216 e. The molecule has 0 fully saturated rings. The number of ether oxygens (including phenoxy) is 4. The Morgan fingerprint density at radius 3 is 2.10 bits per heavy atom. The van der Waals surface area contributed by atoms with Crippen molar-refractivity contribution in [3.05, 3.63) is 17.7 Å². The van der Waals surface area contributed by atoms with Crippen LogP contribution in [0.4, 0.5) is 0 Å². The van der Waals surface area contributed by atoms with E-state index in [2.05, 4.69) is 18.8 Å². The molecule has 2 rings (SSSR count).